The van der Waals surface area contributed by atoms with Crippen molar-refractivity contribution in [2.45, 2.75) is 0 Å². The molecular weight excluding hydrogens is 295 g/mol. The molecule has 2 aromatic rings. The van der Waals surface area contributed by atoms with E-state index in [1.54, 1.807) is 24.3 Å². The minimum atomic E-state index is -0.287. The Morgan fingerprint density at radius 2 is 1.80 bits per heavy atom. The lowest BCUT2D eigenvalue weighted by Crippen LogP contribution is -2.27. The second-order valence-corrected chi connectivity index (χ2v) is 4.82. The summed E-state index contributed by atoms with van der Waals surface area (Å²) >= 11 is 11.9. The molecule has 20 heavy (non-hydrogen) atoms. The number of amides is 1. The maximum atomic E-state index is 11.6. The van der Waals surface area contributed by atoms with Crippen molar-refractivity contribution in [3.63, 3.8) is 0 Å². The van der Waals surface area contributed by atoms with Crippen LogP contribution in [0.2, 0.25) is 10.0 Å². The Morgan fingerprint density at radius 1 is 1.05 bits per heavy atom. The Balaban J connectivity index is 1.94. The van der Waals surface area contributed by atoms with Crippen molar-refractivity contribution in [1.29, 1.82) is 0 Å². The van der Waals surface area contributed by atoms with Crippen LogP contribution >= 0.6 is 23.2 Å². The fourth-order valence-corrected chi connectivity index (χ4v) is 1.87. The van der Waals surface area contributed by atoms with E-state index in [1.165, 1.54) is 6.08 Å². The van der Waals surface area contributed by atoms with Crippen molar-refractivity contribution in [1.82, 2.24) is 5.43 Å². The van der Waals surface area contributed by atoms with Crippen molar-refractivity contribution in [3.05, 3.63) is 70.2 Å². The zero-order valence-corrected chi connectivity index (χ0v) is 11.9. The molecule has 0 radical (unpaired) electrons. The molecule has 0 heterocycles. The topological polar surface area (TPSA) is 41.1 Å². The summed E-state index contributed by atoms with van der Waals surface area (Å²) in [6.07, 6.45) is 2.99. The number of anilines is 1. The summed E-state index contributed by atoms with van der Waals surface area (Å²) in [5.41, 5.74) is 6.84. The van der Waals surface area contributed by atoms with Gasteiger partial charge >= 0.3 is 0 Å². The van der Waals surface area contributed by atoms with Crippen LogP contribution in [0, 0.1) is 0 Å². The molecule has 0 saturated heterocycles. The Morgan fingerprint density at radius 3 is 2.55 bits per heavy atom. The Labute approximate surface area is 127 Å². The Kier molecular flexibility index (Phi) is 5.04. The van der Waals surface area contributed by atoms with Gasteiger partial charge in [0.25, 0.3) is 5.91 Å². The standard InChI is InChI=1S/C15H12Cl2N2O/c16-12-7-8-14(17)11(10-12)6-9-15(20)19-18-13-4-2-1-3-5-13/h1-10,18H,(H,19,20)/b9-6+. The number of para-hydroxylation sites is 1. The van der Waals surface area contributed by atoms with E-state index >= 15 is 0 Å². The summed E-state index contributed by atoms with van der Waals surface area (Å²) in [6, 6.07) is 14.4. The molecule has 0 saturated carbocycles. The number of carbonyl (C=O) groups is 1. The van der Waals surface area contributed by atoms with Gasteiger partial charge in [-0.2, -0.15) is 0 Å². The van der Waals surface area contributed by atoms with E-state index in [0.717, 1.165) is 5.69 Å². The first-order valence-corrected chi connectivity index (χ1v) is 6.65. The maximum Gasteiger partial charge on any atom is 0.262 e. The van der Waals surface area contributed by atoms with Crippen LogP contribution < -0.4 is 10.9 Å². The maximum absolute atomic E-state index is 11.6. The van der Waals surface area contributed by atoms with Crippen LogP contribution in [0.25, 0.3) is 6.08 Å². The van der Waals surface area contributed by atoms with Gasteiger partial charge in [0.1, 0.15) is 0 Å². The van der Waals surface area contributed by atoms with Crippen molar-refractivity contribution < 1.29 is 4.79 Å². The van der Waals surface area contributed by atoms with Gasteiger partial charge in [0.05, 0.1) is 5.69 Å². The first-order chi connectivity index (χ1) is 9.65. The van der Waals surface area contributed by atoms with E-state index in [4.69, 9.17) is 23.2 Å². The fraction of sp³-hybridized carbons (Fsp3) is 0. The second kappa shape index (κ2) is 6.98. The summed E-state index contributed by atoms with van der Waals surface area (Å²) < 4.78 is 0. The average Bonchev–Trinajstić information content (AvgIpc) is 2.47. The highest BCUT2D eigenvalue weighted by Crippen LogP contribution is 2.21. The van der Waals surface area contributed by atoms with Crippen LogP contribution in [-0.4, -0.2) is 5.91 Å². The number of hydrazine groups is 1. The molecule has 5 heteroatoms. The minimum Gasteiger partial charge on any atom is -0.298 e. The van der Waals surface area contributed by atoms with Gasteiger partial charge in [-0.05, 0) is 42.0 Å². The van der Waals surface area contributed by atoms with Crippen molar-refractivity contribution in [2.24, 2.45) is 0 Å². The van der Waals surface area contributed by atoms with Gasteiger partial charge in [0.2, 0.25) is 0 Å². The third-order valence-electron chi connectivity index (χ3n) is 2.48. The number of hydrogen-bond donors (Lipinski definition) is 2. The molecule has 3 nitrogen and oxygen atoms in total. The molecule has 2 N–H and O–H groups in total. The molecule has 0 bridgehead atoms. The molecule has 0 spiro atoms. The normalized spacial score (nSPS) is 10.5. The highest BCUT2D eigenvalue weighted by atomic mass is 35.5. The second-order valence-electron chi connectivity index (χ2n) is 3.98. The predicted octanol–water partition coefficient (Wildman–Crippen LogP) is 4.15. The zero-order chi connectivity index (χ0) is 14.4. The molecule has 0 aliphatic carbocycles. The molecule has 2 aromatic carbocycles. The fourth-order valence-electron chi connectivity index (χ4n) is 1.50. The van der Waals surface area contributed by atoms with Gasteiger partial charge in [-0.25, -0.2) is 0 Å². The van der Waals surface area contributed by atoms with Crippen molar-refractivity contribution in [3.8, 4) is 0 Å². The van der Waals surface area contributed by atoms with Crippen LogP contribution in [-0.2, 0) is 4.79 Å². The van der Waals surface area contributed by atoms with Gasteiger partial charge in [0, 0.05) is 16.1 Å². The molecule has 0 atom stereocenters. The number of halogens is 2. The summed E-state index contributed by atoms with van der Waals surface area (Å²) in [7, 11) is 0. The van der Waals surface area contributed by atoms with E-state index in [0.29, 0.717) is 15.6 Å². The van der Waals surface area contributed by atoms with Crippen LogP contribution in [0.15, 0.2) is 54.6 Å². The van der Waals surface area contributed by atoms with Crippen molar-refractivity contribution >= 4 is 40.9 Å². The lowest BCUT2D eigenvalue weighted by molar-refractivity contribution is -0.115. The smallest absolute Gasteiger partial charge is 0.262 e. The van der Waals surface area contributed by atoms with Crippen molar-refractivity contribution in [2.75, 3.05) is 5.43 Å². The first-order valence-electron chi connectivity index (χ1n) is 5.89. The number of nitrogens with one attached hydrogen (secondary N) is 2. The van der Waals surface area contributed by atoms with Crippen LogP contribution in [0.5, 0.6) is 0 Å². The lowest BCUT2D eigenvalue weighted by atomic mass is 10.2. The molecule has 0 unspecified atom stereocenters. The molecule has 0 fully saturated rings. The van der Waals surface area contributed by atoms with Crippen LogP contribution in [0.1, 0.15) is 5.56 Å². The van der Waals surface area contributed by atoms with E-state index in [2.05, 4.69) is 10.9 Å². The number of rotatable bonds is 4. The van der Waals surface area contributed by atoms with E-state index in [-0.39, 0.29) is 5.91 Å². The third-order valence-corrected chi connectivity index (χ3v) is 3.06. The molecule has 0 aliphatic heterocycles. The number of carbonyl (C=O) groups excluding carboxylic acids is 1. The molecule has 102 valence electrons. The van der Waals surface area contributed by atoms with E-state index < -0.39 is 0 Å². The number of hydrogen-bond acceptors (Lipinski definition) is 2. The molecule has 0 aromatic heterocycles. The largest absolute Gasteiger partial charge is 0.298 e. The highest BCUT2D eigenvalue weighted by molar-refractivity contribution is 6.34. The van der Waals surface area contributed by atoms with Crippen LogP contribution in [0.4, 0.5) is 5.69 Å². The van der Waals surface area contributed by atoms with E-state index in [9.17, 15) is 4.79 Å². The third kappa shape index (κ3) is 4.30. The number of benzene rings is 2. The molecule has 1 amide bonds. The Hall–Kier alpha value is -1.97. The van der Waals surface area contributed by atoms with E-state index in [1.807, 2.05) is 30.3 Å². The lowest BCUT2D eigenvalue weighted by Gasteiger charge is -2.05. The van der Waals surface area contributed by atoms with Gasteiger partial charge in [-0.3, -0.25) is 15.6 Å². The highest BCUT2D eigenvalue weighted by Gasteiger charge is 1.99. The predicted molar refractivity (Wildman–Crippen MR) is 83.7 cm³/mol. The summed E-state index contributed by atoms with van der Waals surface area (Å²) in [5, 5.41) is 1.10. The first kappa shape index (κ1) is 14.4. The Bertz CT molecular complexity index is 627. The summed E-state index contributed by atoms with van der Waals surface area (Å²) in [6.45, 7) is 0. The minimum absolute atomic E-state index is 0.287. The van der Waals surface area contributed by atoms with Gasteiger partial charge in [-0.15, -0.1) is 0 Å². The summed E-state index contributed by atoms with van der Waals surface area (Å²) in [5.74, 6) is -0.287. The summed E-state index contributed by atoms with van der Waals surface area (Å²) in [4.78, 5) is 11.6. The van der Waals surface area contributed by atoms with Crippen LogP contribution in [0.3, 0.4) is 0 Å². The SMILES string of the molecule is O=C(/C=C/c1cc(Cl)ccc1Cl)NNc1ccccc1. The molecule has 0 aliphatic rings. The zero-order valence-electron chi connectivity index (χ0n) is 10.4. The van der Waals surface area contributed by atoms with Gasteiger partial charge < -0.3 is 0 Å². The average molecular weight is 307 g/mol. The van der Waals surface area contributed by atoms with Gasteiger partial charge in [0.15, 0.2) is 0 Å². The molecular formula is C15H12Cl2N2O. The molecule has 2 rings (SSSR count). The van der Waals surface area contributed by atoms with Gasteiger partial charge in [-0.1, -0.05) is 41.4 Å². The quantitative estimate of drug-likeness (QED) is 0.658. The monoisotopic (exact) mass is 306 g/mol.